The van der Waals surface area contributed by atoms with Crippen molar-refractivity contribution in [3.05, 3.63) is 53.6 Å². The van der Waals surface area contributed by atoms with Crippen molar-refractivity contribution in [2.75, 3.05) is 12.4 Å². The van der Waals surface area contributed by atoms with Gasteiger partial charge in [-0.25, -0.2) is 4.39 Å². The lowest BCUT2D eigenvalue weighted by atomic mass is 10.2. The number of nitrogens with one attached hydrogen (secondary N) is 1. The SMILES string of the molecule is COc1cc(F)ccc1NC(=O)c1ccc(C(F)(F)F)nc1. The minimum absolute atomic E-state index is 0.0700. The second-order valence-corrected chi connectivity index (χ2v) is 4.23. The van der Waals surface area contributed by atoms with Crippen molar-refractivity contribution in [2.24, 2.45) is 0 Å². The Balaban J connectivity index is 2.19. The molecule has 116 valence electrons. The molecule has 2 aromatic rings. The fourth-order valence-electron chi connectivity index (χ4n) is 1.66. The molecule has 1 aromatic carbocycles. The third-order valence-electron chi connectivity index (χ3n) is 2.73. The van der Waals surface area contributed by atoms with Crippen LogP contribution in [-0.4, -0.2) is 18.0 Å². The highest BCUT2D eigenvalue weighted by molar-refractivity contribution is 6.04. The van der Waals surface area contributed by atoms with Crippen LogP contribution in [0.3, 0.4) is 0 Å². The van der Waals surface area contributed by atoms with Gasteiger partial charge in [0.2, 0.25) is 0 Å². The van der Waals surface area contributed by atoms with Gasteiger partial charge in [-0.3, -0.25) is 9.78 Å². The Labute approximate surface area is 122 Å². The summed E-state index contributed by atoms with van der Waals surface area (Å²) in [6, 6.07) is 5.17. The molecule has 0 aliphatic rings. The molecule has 0 aliphatic heterocycles. The number of anilines is 1. The van der Waals surface area contributed by atoms with E-state index in [2.05, 4.69) is 10.3 Å². The molecule has 4 nitrogen and oxygen atoms in total. The number of hydrogen-bond donors (Lipinski definition) is 1. The summed E-state index contributed by atoms with van der Waals surface area (Å²) in [6.45, 7) is 0. The molecule has 1 aromatic heterocycles. The van der Waals surface area contributed by atoms with Gasteiger partial charge in [0.25, 0.3) is 5.91 Å². The molecule has 0 radical (unpaired) electrons. The van der Waals surface area contributed by atoms with Crippen LogP contribution in [0.2, 0.25) is 0 Å². The molecular formula is C14H10F4N2O2. The monoisotopic (exact) mass is 314 g/mol. The minimum Gasteiger partial charge on any atom is -0.494 e. The minimum atomic E-state index is -4.57. The Morgan fingerprint density at radius 1 is 1.23 bits per heavy atom. The zero-order valence-corrected chi connectivity index (χ0v) is 11.2. The van der Waals surface area contributed by atoms with Crippen LogP contribution in [0.1, 0.15) is 16.1 Å². The first-order valence-corrected chi connectivity index (χ1v) is 5.99. The van der Waals surface area contributed by atoms with E-state index in [4.69, 9.17) is 4.74 Å². The Hall–Kier alpha value is -2.64. The number of benzene rings is 1. The first kappa shape index (κ1) is 15.7. The number of rotatable bonds is 3. The largest absolute Gasteiger partial charge is 0.494 e. The molecule has 0 bridgehead atoms. The number of aromatic nitrogens is 1. The molecule has 1 amide bonds. The highest BCUT2D eigenvalue weighted by Crippen LogP contribution is 2.28. The van der Waals surface area contributed by atoms with Crippen molar-refractivity contribution in [1.82, 2.24) is 4.98 Å². The Morgan fingerprint density at radius 2 is 1.95 bits per heavy atom. The number of carbonyl (C=O) groups is 1. The lowest BCUT2D eigenvalue weighted by molar-refractivity contribution is -0.141. The predicted octanol–water partition coefficient (Wildman–Crippen LogP) is 3.50. The first-order chi connectivity index (χ1) is 10.3. The van der Waals surface area contributed by atoms with Crippen LogP contribution in [0.4, 0.5) is 23.2 Å². The van der Waals surface area contributed by atoms with E-state index in [9.17, 15) is 22.4 Å². The number of nitrogens with zero attached hydrogens (tertiary/aromatic N) is 1. The number of alkyl halides is 3. The van der Waals surface area contributed by atoms with E-state index in [1.54, 1.807) is 0 Å². The van der Waals surface area contributed by atoms with Crippen LogP contribution in [0, 0.1) is 5.82 Å². The van der Waals surface area contributed by atoms with Crippen LogP contribution in [0.25, 0.3) is 0 Å². The summed E-state index contributed by atoms with van der Waals surface area (Å²) in [5.41, 5.74) is -0.975. The van der Waals surface area contributed by atoms with E-state index in [-0.39, 0.29) is 17.0 Å². The molecule has 1 heterocycles. The summed E-state index contributed by atoms with van der Waals surface area (Å²) in [5, 5.41) is 2.41. The number of amides is 1. The normalized spacial score (nSPS) is 11.1. The quantitative estimate of drug-likeness (QED) is 0.882. The van der Waals surface area contributed by atoms with Crippen molar-refractivity contribution in [1.29, 1.82) is 0 Å². The number of hydrogen-bond acceptors (Lipinski definition) is 3. The molecular weight excluding hydrogens is 304 g/mol. The maximum absolute atomic E-state index is 13.0. The van der Waals surface area contributed by atoms with Crippen molar-refractivity contribution in [3.8, 4) is 5.75 Å². The van der Waals surface area contributed by atoms with Crippen LogP contribution >= 0.6 is 0 Å². The summed E-state index contributed by atoms with van der Waals surface area (Å²) in [4.78, 5) is 15.1. The zero-order chi connectivity index (χ0) is 16.3. The van der Waals surface area contributed by atoms with Crippen molar-refractivity contribution >= 4 is 11.6 Å². The number of pyridine rings is 1. The fraction of sp³-hybridized carbons (Fsp3) is 0.143. The molecule has 8 heteroatoms. The second-order valence-electron chi connectivity index (χ2n) is 4.23. The Morgan fingerprint density at radius 3 is 2.50 bits per heavy atom. The zero-order valence-electron chi connectivity index (χ0n) is 11.2. The van der Waals surface area contributed by atoms with E-state index in [0.717, 1.165) is 24.4 Å². The van der Waals surface area contributed by atoms with Gasteiger partial charge in [-0.05, 0) is 24.3 Å². The topological polar surface area (TPSA) is 51.2 Å². The smallest absolute Gasteiger partial charge is 0.433 e. The van der Waals surface area contributed by atoms with E-state index < -0.39 is 23.6 Å². The molecule has 22 heavy (non-hydrogen) atoms. The standard InChI is InChI=1S/C14H10F4N2O2/c1-22-11-6-9(15)3-4-10(11)20-13(21)8-2-5-12(19-7-8)14(16,17)18/h2-7H,1H3,(H,20,21). The summed E-state index contributed by atoms with van der Waals surface area (Å²) in [5.74, 6) is -1.15. The molecule has 0 atom stereocenters. The number of methoxy groups -OCH3 is 1. The van der Waals surface area contributed by atoms with Gasteiger partial charge in [0.1, 0.15) is 17.3 Å². The van der Waals surface area contributed by atoms with Crippen molar-refractivity contribution in [3.63, 3.8) is 0 Å². The van der Waals surface area contributed by atoms with Gasteiger partial charge in [-0.2, -0.15) is 13.2 Å². The highest BCUT2D eigenvalue weighted by Gasteiger charge is 2.32. The maximum Gasteiger partial charge on any atom is 0.433 e. The molecule has 0 saturated carbocycles. The second kappa shape index (κ2) is 6.00. The number of ether oxygens (including phenoxy) is 1. The van der Waals surface area contributed by atoms with Crippen LogP contribution in [0.5, 0.6) is 5.75 Å². The number of halogens is 4. The van der Waals surface area contributed by atoms with Gasteiger partial charge in [-0.1, -0.05) is 0 Å². The summed E-state index contributed by atoms with van der Waals surface area (Å²) < 4.78 is 55.1. The van der Waals surface area contributed by atoms with E-state index in [1.807, 2.05) is 0 Å². The molecule has 0 unspecified atom stereocenters. The molecule has 0 aliphatic carbocycles. The Kier molecular flexibility index (Phi) is 4.30. The molecule has 0 saturated heterocycles. The van der Waals surface area contributed by atoms with E-state index in [0.29, 0.717) is 6.07 Å². The average Bonchev–Trinajstić information content (AvgIpc) is 2.48. The Bertz CT molecular complexity index is 684. The third kappa shape index (κ3) is 3.51. The van der Waals surface area contributed by atoms with Gasteiger partial charge in [0, 0.05) is 12.3 Å². The lowest BCUT2D eigenvalue weighted by Gasteiger charge is -2.10. The molecule has 1 N–H and O–H groups in total. The van der Waals surface area contributed by atoms with Gasteiger partial charge in [0.15, 0.2) is 0 Å². The van der Waals surface area contributed by atoms with Gasteiger partial charge in [-0.15, -0.1) is 0 Å². The summed E-state index contributed by atoms with van der Waals surface area (Å²) in [7, 11) is 1.30. The van der Waals surface area contributed by atoms with Crippen molar-refractivity contribution in [2.45, 2.75) is 6.18 Å². The molecule has 0 fully saturated rings. The van der Waals surface area contributed by atoms with Gasteiger partial charge >= 0.3 is 6.18 Å². The third-order valence-corrected chi connectivity index (χ3v) is 2.73. The van der Waals surface area contributed by atoms with Gasteiger partial charge < -0.3 is 10.1 Å². The molecule has 0 spiro atoms. The fourth-order valence-corrected chi connectivity index (χ4v) is 1.66. The number of carbonyl (C=O) groups excluding carboxylic acids is 1. The lowest BCUT2D eigenvalue weighted by Crippen LogP contribution is -2.14. The maximum atomic E-state index is 13.0. The van der Waals surface area contributed by atoms with Crippen molar-refractivity contribution < 1.29 is 27.1 Å². The van der Waals surface area contributed by atoms with Crippen LogP contribution < -0.4 is 10.1 Å². The average molecular weight is 314 g/mol. The van der Waals surface area contributed by atoms with Gasteiger partial charge in [0.05, 0.1) is 18.4 Å². The van der Waals surface area contributed by atoms with E-state index in [1.165, 1.54) is 13.2 Å². The molecule has 2 rings (SSSR count). The predicted molar refractivity (Wildman–Crippen MR) is 70.1 cm³/mol. The van der Waals surface area contributed by atoms with E-state index >= 15 is 0 Å². The van der Waals surface area contributed by atoms with Crippen LogP contribution in [-0.2, 0) is 6.18 Å². The highest BCUT2D eigenvalue weighted by atomic mass is 19.4. The van der Waals surface area contributed by atoms with Crippen LogP contribution in [0.15, 0.2) is 36.5 Å². The summed E-state index contributed by atoms with van der Waals surface area (Å²) >= 11 is 0. The summed E-state index contributed by atoms with van der Waals surface area (Å²) in [6.07, 6.45) is -3.76. The first-order valence-electron chi connectivity index (χ1n) is 5.99.